The zero-order valence-electron chi connectivity index (χ0n) is 10.3. The third kappa shape index (κ3) is 3.37. The second-order valence-corrected chi connectivity index (χ2v) is 5.03. The lowest BCUT2D eigenvalue weighted by Crippen LogP contribution is -2.40. The normalized spacial score (nSPS) is 21.8. The molecule has 1 aromatic carbocycles. The highest BCUT2D eigenvalue weighted by Gasteiger charge is 2.27. The molecule has 1 aliphatic rings. The number of benzene rings is 1. The van der Waals surface area contributed by atoms with E-state index in [-0.39, 0.29) is 12.1 Å². The number of halogens is 2. The molecule has 18 heavy (non-hydrogen) atoms. The van der Waals surface area contributed by atoms with Crippen LogP contribution in [0.4, 0.5) is 0 Å². The molecule has 0 aliphatic carbocycles. The fraction of sp³-hybridized carbons (Fsp3) is 0.538. The number of hydrogen-bond donors (Lipinski definition) is 1. The highest BCUT2D eigenvalue weighted by Crippen LogP contribution is 2.30. The molecule has 0 spiro atoms. The van der Waals surface area contributed by atoms with Crippen LogP contribution in [0.15, 0.2) is 18.2 Å². The minimum atomic E-state index is -0.0327. The van der Waals surface area contributed by atoms with Gasteiger partial charge in [-0.2, -0.15) is 0 Å². The van der Waals surface area contributed by atoms with Crippen molar-refractivity contribution in [3.63, 3.8) is 0 Å². The Bertz CT molecular complexity index is 395. The van der Waals surface area contributed by atoms with Gasteiger partial charge < -0.3 is 14.8 Å². The van der Waals surface area contributed by atoms with Crippen LogP contribution in [0.3, 0.4) is 0 Å². The molecule has 0 amide bonds. The first-order valence-corrected chi connectivity index (χ1v) is 6.85. The van der Waals surface area contributed by atoms with Gasteiger partial charge in [-0.3, -0.25) is 0 Å². The number of hydrogen-bond acceptors (Lipinski definition) is 3. The molecule has 1 fully saturated rings. The fourth-order valence-electron chi connectivity index (χ4n) is 2.11. The van der Waals surface area contributed by atoms with Crippen LogP contribution in [0.2, 0.25) is 10.0 Å². The van der Waals surface area contributed by atoms with E-state index in [1.165, 1.54) is 0 Å². The standard InChI is InChI=1S/C13H17Cl2NO2/c1-2-16-13(12-8-17-5-6-18-12)10-7-9(14)3-4-11(10)15/h3-4,7,12-13,16H,2,5-6,8H2,1H3. The van der Waals surface area contributed by atoms with Crippen LogP contribution < -0.4 is 5.32 Å². The van der Waals surface area contributed by atoms with E-state index in [0.717, 1.165) is 12.1 Å². The summed E-state index contributed by atoms with van der Waals surface area (Å²) in [6.45, 7) is 4.71. The summed E-state index contributed by atoms with van der Waals surface area (Å²) in [5.41, 5.74) is 0.960. The van der Waals surface area contributed by atoms with Crippen molar-refractivity contribution < 1.29 is 9.47 Å². The van der Waals surface area contributed by atoms with E-state index in [2.05, 4.69) is 12.2 Å². The van der Waals surface area contributed by atoms with Crippen molar-refractivity contribution in [3.05, 3.63) is 33.8 Å². The highest BCUT2D eigenvalue weighted by atomic mass is 35.5. The molecule has 2 atom stereocenters. The Kier molecular flexibility index (Phi) is 5.27. The van der Waals surface area contributed by atoms with Crippen molar-refractivity contribution in [1.29, 1.82) is 0 Å². The Morgan fingerprint density at radius 1 is 1.39 bits per heavy atom. The number of likely N-dealkylation sites (N-methyl/N-ethyl adjacent to an activating group) is 1. The largest absolute Gasteiger partial charge is 0.376 e. The molecule has 1 aromatic rings. The van der Waals surface area contributed by atoms with Crippen LogP contribution in [0.1, 0.15) is 18.5 Å². The van der Waals surface area contributed by atoms with Gasteiger partial charge in [-0.15, -0.1) is 0 Å². The minimum absolute atomic E-state index is 0.00139. The summed E-state index contributed by atoms with van der Waals surface area (Å²) in [5, 5.41) is 4.76. The quantitative estimate of drug-likeness (QED) is 0.924. The summed E-state index contributed by atoms with van der Waals surface area (Å²) in [4.78, 5) is 0. The first kappa shape index (κ1) is 14.1. The Morgan fingerprint density at radius 2 is 2.22 bits per heavy atom. The molecule has 0 aromatic heterocycles. The van der Waals surface area contributed by atoms with Crippen molar-refractivity contribution in [2.45, 2.75) is 19.1 Å². The third-order valence-corrected chi connectivity index (χ3v) is 3.51. The van der Waals surface area contributed by atoms with Crippen LogP contribution in [-0.2, 0) is 9.47 Å². The van der Waals surface area contributed by atoms with Gasteiger partial charge in [-0.25, -0.2) is 0 Å². The van der Waals surface area contributed by atoms with E-state index >= 15 is 0 Å². The predicted molar refractivity (Wildman–Crippen MR) is 73.4 cm³/mol. The lowest BCUT2D eigenvalue weighted by Gasteiger charge is -2.31. The second-order valence-electron chi connectivity index (χ2n) is 4.19. The molecule has 0 radical (unpaired) electrons. The highest BCUT2D eigenvalue weighted by molar-refractivity contribution is 6.33. The van der Waals surface area contributed by atoms with Gasteiger partial charge in [0.1, 0.15) is 6.10 Å². The molecule has 3 nitrogen and oxygen atoms in total. The maximum atomic E-state index is 6.25. The molecule has 1 saturated heterocycles. The molecule has 1 N–H and O–H groups in total. The zero-order valence-corrected chi connectivity index (χ0v) is 11.8. The van der Waals surface area contributed by atoms with Gasteiger partial charge in [0.05, 0.1) is 25.9 Å². The van der Waals surface area contributed by atoms with Gasteiger partial charge in [0.2, 0.25) is 0 Å². The molecule has 2 rings (SSSR count). The Morgan fingerprint density at radius 3 is 2.89 bits per heavy atom. The van der Waals surface area contributed by atoms with Crippen LogP contribution in [0.5, 0.6) is 0 Å². The first-order chi connectivity index (χ1) is 8.72. The molecular formula is C13H17Cl2NO2. The summed E-state index contributed by atoms with van der Waals surface area (Å²) in [7, 11) is 0. The molecule has 0 bridgehead atoms. The van der Waals surface area contributed by atoms with Crippen molar-refractivity contribution >= 4 is 23.2 Å². The van der Waals surface area contributed by atoms with Gasteiger partial charge in [0, 0.05) is 10.0 Å². The van der Waals surface area contributed by atoms with E-state index in [0.29, 0.717) is 29.9 Å². The fourth-order valence-corrected chi connectivity index (χ4v) is 2.53. The number of nitrogens with one attached hydrogen (secondary N) is 1. The molecule has 2 unspecified atom stereocenters. The summed E-state index contributed by atoms with van der Waals surface area (Å²) < 4.78 is 11.2. The molecule has 1 heterocycles. The van der Waals surface area contributed by atoms with Gasteiger partial charge in [-0.1, -0.05) is 30.1 Å². The van der Waals surface area contributed by atoms with E-state index in [1.54, 1.807) is 6.07 Å². The maximum absolute atomic E-state index is 6.25. The van der Waals surface area contributed by atoms with Crippen LogP contribution in [0, 0.1) is 0 Å². The third-order valence-electron chi connectivity index (χ3n) is 2.93. The first-order valence-electron chi connectivity index (χ1n) is 6.10. The molecule has 5 heteroatoms. The summed E-state index contributed by atoms with van der Waals surface area (Å²) >= 11 is 12.3. The number of ether oxygens (including phenoxy) is 2. The SMILES string of the molecule is CCNC(c1cc(Cl)ccc1Cl)C1COCCO1. The summed E-state index contributed by atoms with van der Waals surface area (Å²) in [6.07, 6.45) is -0.0327. The van der Waals surface area contributed by atoms with Crippen LogP contribution in [0.25, 0.3) is 0 Å². The van der Waals surface area contributed by atoms with Crippen molar-refractivity contribution in [1.82, 2.24) is 5.32 Å². The Hall–Kier alpha value is -0.320. The second kappa shape index (κ2) is 6.73. The molecule has 1 aliphatic heterocycles. The van der Waals surface area contributed by atoms with Crippen LogP contribution in [-0.4, -0.2) is 32.5 Å². The predicted octanol–water partition coefficient (Wildman–Crippen LogP) is 3.06. The Labute approximate surface area is 117 Å². The Balaban J connectivity index is 2.24. The van der Waals surface area contributed by atoms with Crippen LogP contribution >= 0.6 is 23.2 Å². The zero-order chi connectivity index (χ0) is 13.0. The maximum Gasteiger partial charge on any atom is 0.100 e. The van der Waals surface area contributed by atoms with E-state index in [1.807, 2.05) is 12.1 Å². The van der Waals surface area contributed by atoms with E-state index in [4.69, 9.17) is 32.7 Å². The van der Waals surface area contributed by atoms with Crippen molar-refractivity contribution in [2.24, 2.45) is 0 Å². The van der Waals surface area contributed by atoms with Gasteiger partial charge >= 0.3 is 0 Å². The lowest BCUT2D eigenvalue weighted by molar-refractivity contribution is -0.102. The number of rotatable bonds is 4. The smallest absolute Gasteiger partial charge is 0.100 e. The van der Waals surface area contributed by atoms with Crippen molar-refractivity contribution in [3.8, 4) is 0 Å². The monoisotopic (exact) mass is 289 g/mol. The molecule has 100 valence electrons. The average molecular weight is 290 g/mol. The van der Waals surface area contributed by atoms with Gasteiger partial charge in [0.25, 0.3) is 0 Å². The lowest BCUT2D eigenvalue weighted by atomic mass is 10.0. The van der Waals surface area contributed by atoms with Gasteiger partial charge in [-0.05, 0) is 30.3 Å². The average Bonchev–Trinajstić information content (AvgIpc) is 2.40. The molecular weight excluding hydrogens is 273 g/mol. The van der Waals surface area contributed by atoms with Crippen molar-refractivity contribution in [2.75, 3.05) is 26.4 Å². The van der Waals surface area contributed by atoms with Gasteiger partial charge in [0.15, 0.2) is 0 Å². The summed E-state index contributed by atoms with van der Waals surface area (Å²) in [6, 6.07) is 5.48. The molecule has 0 saturated carbocycles. The summed E-state index contributed by atoms with van der Waals surface area (Å²) in [5.74, 6) is 0. The van der Waals surface area contributed by atoms with E-state index in [9.17, 15) is 0 Å². The topological polar surface area (TPSA) is 30.5 Å². The minimum Gasteiger partial charge on any atom is -0.376 e. The van der Waals surface area contributed by atoms with E-state index < -0.39 is 0 Å².